The van der Waals surface area contributed by atoms with E-state index in [1.54, 1.807) is 12.2 Å². The second kappa shape index (κ2) is 7.20. The fourth-order valence-corrected chi connectivity index (χ4v) is 2.42. The lowest BCUT2D eigenvalue weighted by atomic mass is 10.2. The van der Waals surface area contributed by atoms with Gasteiger partial charge in [0.2, 0.25) is 11.8 Å². The van der Waals surface area contributed by atoms with Gasteiger partial charge < -0.3 is 20.1 Å². The second-order valence-electron chi connectivity index (χ2n) is 5.05. The number of rotatable bonds is 5. The van der Waals surface area contributed by atoms with Crippen molar-refractivity contribution in [3.05, 3.63) is 36.4 Å². The zero-order valence-corrected chi connectivity index (χ0v) is 12.4. The Morgan fingerprint density at radius 3 is 2.82 bits per heavy atom. The van der Waals surface area contributed by atoms with Crippen molar-refractivity contribution in [1.29, 1.82) is 0 Å². The summed E-state index contributed by atoms with van der Waals surface area (Å²) in [6.07, 6.45) is 3.43. The van der Waals surface area contributed by atoms with Crippen LogP contribution in [0.25, 0.3) is 10.9 Å². The summed E-state index contributed by atoms with van der Waals surface area (Å²) in [4.78, 5) is 11.4. The first-order chi connectivity index (χ1) is 10.9. The van der Waals surface area contributed by atoms with Crippen LogP contribution < -0.4 is 15.0 Å². The highest BCUT2D eigenvalue weighted by atomic mass is 16.5. The summed E-state index contributed by atoms with van der Waals surface area (Å²) in [6.45, 7) is 4.05. The number of aromatic nitrogens is 2. The van der Waals surface area contributed by atoms with E-state index < -0.39 is 0 Å². The maximum absolute atomic E-state index is 8.77. The molecular weight excluding hydrogens is 280 g/mol. The highest BCUT2D eigenvalue weighted by molar-refractivity contribution is 5.84. The molecule has 116 valence electrons. The molecule has 0 radical (unpaired) electrons. The van der Waals surface area contributed by atoms with Crippen LogP contribution in [-0.2, 0) is 0 Å². The molecule has 1 aliphatic heterocycles. The minimum atomic E-state index is 0.0138. The molecule has 1 aromatic heterocycles. The summed E-state index contributed by atoms with van der Waals surface area (Å²) < 4.78 is 5.76. The van der Waals surface area contributed by atoms with Crippen LogP contribution in [0.15, 0.2) is 36.4 Å². The first-order valence-corrected chi connectivity index (χ1v) is 7.49. The average Bonchev–Trinajstić information content (AvgIpc) is 2.59. The molecule has 0 saturated carbocycles. The number of fused-ring (bicyclic) bond motifs is 1. The van der Waals surface area contributed by atoms with Gasteiger partial charge in [0.15, 0.2) is 0 Å². The average molecular weight is 300 g/mol. The summed E-state index contributed by atoms with van der Waals surface area (Å²) in [5, 5.41) is 13.0. The molecule has 2 N–H and O–H groups in total. The normalized spacial score (nSPS) is 15.6. The number of benzene rings is 1. The monoisotopic (exact) mass is 300 g/mol. The summed E-state index contributed by atoms with van der Waals surface area (Å²) in [7, 11) is 0. The molecule has 1 aliphatic rings. The zero-order valence-electron chi connectivity index (χ0n) is 12.4. The molecule has 0 amide bonds. The number of ether oxygens (including phenoxy) is 1. The highest BCUT2D eigenvalue weighted by Crippen LogP contribution is 2.25. The van der Waals surface area contributed by atoms with E-state index in [0.717, 1.165) is 37.1 Å². The maximum atomic E-state index is 8.77. The molecule has 1 fully saturated rings. The fraction of sp³-hybridized carbons (Fsp3) is 0.375. The van der Waals surface area contributed by atoms with Crippen molar-refractivity contribution in [3.63, 3.8) is 0 Å². The van der Waals surface area contributed by atoms with E-state index in [2.05, 4.69) is 20.2 Å². The van der Waals surface area contributed by atoms with Crippen LogP contribution in [0.3, 0.4) is 0 Å². The number of hydrogen-bond acceptors (Lipinski definition) is 6. The summed E-state index contributed by atoms with van der Waals surface area (Å²) in [5.41, 5.74) is 0.882. The van der Waals surface area contributed by atoms with Gasteiger partial charge in [0.1, 0.15) is 6.61 Å². The predicted molar refractivity (Wildman–Crippen MR) is 86.3 cm³/mol. The SMILES string of the molecule is OC/C=C/COc1nc(N2CCNCC2)nc2ccccc12. The van der Waals surface area contributed by atoms with Crippen molar-refractivity contribution in [2.75, 3.05) is 44.3 Å². The number of nitrogens with one attached hydrogen (secondary N) is 1. The van der Waals surface area contributed by atoms with E-state index in [1.165, 1.54) is 0 Å². The van der Waals surface area contributed by atoms with Gasteiger partial charge in [-0.2, -0.15) is 4.98 Å². The van der Waals surface area contributed by atoms with Crippen molar-refractivity contribution < 1.29 is 9.84 Å². The molecule has 6 heteroatoms. The van der Waals surface area contributed by atoms with Gasteiger partial charge in [-0.1, -0.05) is 18.2 Å². The third kappa shape index (κ3) is 3.35. The van der Waals surface area contributed by atoms with E-state index in [1.807, 2.05) is 24.3 Å². The lowest BCUT2D eigenvalue weighted by Crippen LogP contribution is -2.44. The molecule has 3 rings (SSSR count). The first-order valence-electron chi connectivity index (χ1n) is 7.49. The van der Waals surface area contributed by atoms with E-state index in [9.17, 15) is 0 Å². The third-order valence-electron chi connectivity index (χ3n) is 3.54. The summed E-state index contributed by atoms with van der Waals surface area (Å²) in [5.74, 6) is 1.29. The Morgan fingerprint density at radius 1 is 1.18 bits per heavy atom. The third-order valence-corrected chi connectivity index (χ3v) is 3.54. The molecular formula is C16H20N4O2. The number of nitrogens with zero attached hydrogens (tertiary/aromatic N) is 3. The Kier molecular flexibility index (Phi) is 4.82. The van der Waals surface area contributed by atoms with Gasteiger partial charge >= 0.3 is 0 Å². The Balaban J connectivity index is 1.91. The van der Waals surface area contributed by atoms with Gasteiger partial charge in [0.05, 0.1) is 17.5 Å². The molecule has 0 aliphatic carbocycles. The molecule has 2 aromatic rings. The van der Waals surface area contributed by atoms with Crippen molar-refractivity contribution in [1.82, 2.24) is 15.3 Å². The minimum absolute atomic E-state index is 0.0138. The van der Waals surface area contributed by atoms with Crippen LogP contribution in [0.4, 0.5) is 5.95 Å². The van der Waals surface area contributed by atoms with E-state index in [4.69, 9.17) is 9.84 Å². The van der Waals surface area contributed by atoms with Crippen LogP contribution in [0.5, 0.6) is 5.88 Å². The van der Waals surface area contributed by atoms with Gasteiger partial charge in [-0.15, -0.1) is 0 Å². The lowest BCUT2D eigenvalue weighted by molar-refractivity contribution is 0.334. The number of hydrogen-bond donors (Lipinski definition) is 2. The van der Waals surface area contributed by atoms with E-state index in [0.29, 0.717) is 18.4 Å². The Hall–Kier alpha value is -2.18. The van der Waals surface area contributed by atoms with Crippen LogP contribution in [0.2, 0.25) is 0 Å². The predicted octanol–water partition coefficient (Wildman–Crippen LogP) is 0.967. The Bertz CT molecular complexity index is 654. The van der Waals surface area contributed by atoms with Crippen molar-refractivity contribution in [2.45, 2.75) is 0 Å². The molecule has 0 unspecified atom stereocenters. The summed E-state index contributed by atoms with van der Waals surface area (Å²) >= 11 is 0. The zero-order chi connectivity index (χ0) is 15.2. The number of anilines is 1. The van der Waals surface area contributed by atoms with Gasteiger partial charge in [-0.05, 0) is 18.2 Å². The smallest absolute Gasteiger partial charge is 0.229 e. The summed E-state index contributed by atoms with van der Waals surface area (Å²) in [6, 6.07) is 7.85. The molecule has 2 heterocycles. The van der Waals surface area contributed by atoms with Gasteiger partial charge in [0.25, 0.3) is 0 Å². The van der Waals surface area contributed by atoms with Gasteiger partial charge in [0, 0.05) is 26.2 Å². The number of aliphatic hydroxyl groups excluding tert-OH is 1. The van der Waals surface area contributed by atoms with Crippen molar-refractivity contribution >= 4 is 16.9 Å². The van der Waals surface area contributed by atoms with Gasteiger partial charge in [-0.25, -0.2) is 4.98 Å². The molecule has 1 aromatic carbocycles. The first kappa shape index (κ1) is 14.7. The van der Waals surface area contributed by atoms with Crippen molar-refractivity contribution in [3.8, 4) is 5.88 Å². The standard InChI is InChI=1S/C16H20N4O2/c21-11-3-4-12-22-15-13-5-1-2-6-14(13)18-16(19-15)20-9-7-17-8-10-20/h1-6,17,21H,7-12H2/b4-3+. The molecule has 0 bridgehead atoms. The van der Waals surface area contributed by atoms with E-state index in [-0.39, 0.29) is 6.61 Å². The number of piperazine rings is 1. The topological polar surface area (TPSA) is 70.5 Å². The van der Waals surface area contributed by atoms with E-state index >= 15 is 0 Å². The van der Waals surface area contributed by atoms with Gasteiger partial charge in [-0.3, -0.25) is 0 Å². The molecule has 0 spiro atoms. The lowest BCUT2D eigenvalue weighted by Gasteiger charge is -2.27. The quantitative estimate of drug-likeness (QED) is 0.802. The molecule has 6 nitrogen and oxygen atoms in total. The maximum Gasteiger partial charge on any atom is 0.229 e. The molecule has 0 atom stereocenters. The second-order valence-corrected chi connectivity index (χ2v) is 5.05. The highest BCUT2D eigenvalue weighted by Gasteiger charge is 2.16. The minimum Gasteiger partial charge on any atom is -0.473 e. The molecule has 1 saturated heterocycles. The number of para-hydroxylation sites is 1. The largest absolute Gasteiger partial charge is 0.473 e. The van der Waals surface area contributed by atoms with Crippen LogP contribution in [0.1, 0.15) is 0 Å². The van der Waals surface area contributed by atoms with Crippen molar-refractivity contribution in [2.24, 2.45) is 0 Å². The fourth-order valence-electron chi connectivity index (χ4n) is 2.42. The van der Waals surface area contributed by atoms with Crippen LogP contribution in [0, 0.1) is 0 Å². The van der Waals surface area contributed by atoms with Crippen LogP contribution >= 0.6 is 0 Å². The van der Waals surface area contributed by atoms with Crippen LogP contribution in [-0.4, -0.2) is 54.5 Å². The number of aliphatic hydroxyl groups is 1. The Morgan fingerprint density at radius 2 is 2.00 bits per heavy atom. The molecule has 22 heavy (non-hydrogen) atoms. The Labute approximate surface area is 129 Å².